The lowest BCUT2D eigenvalue weighted by Crippen LogP contribution is -2.49. The number of benzene rings is 2. The van der Waals surface area contributed by atoms with Crippen LogP contribution in [0.4, 0.5) is 17.1 Å². The van der Waals surface area contributed by atoms with Crippen LogP contribution in [0.2, 0.25) is 0 Å². The van der Waals surface area contributed by atoms with Crippen LogP contribution < -0.4 is 9.80 Å². The molecule has 0 spiro atoms. The highest BCUT2D eigenvalue weighted by Gasteiger charge is 2.26. The molecule has 1 aromatic heterocycles. The van der Waals surface area contributed by atoms with Crippen molar-refractivity contribution in [3.8, 4) is 11.8 Å². The van der Waals surface area contributed by atoms with Crippen molar-refractivity contribution in [1.82, 2.24) is 9.47 Å². The first-order valence-electron chi connectivity index (χ1n) is 13.4. The Labute approximate surface area is 233 Å². The van der Waals surface area contributed by atoms with Gasteiger partial charge in [-0.1, -0.05) is 18.2 Å². The van der Waals surface area contributed by atoms with Crippen LogP contribution >= 0.6 is 0 Å². The van der Waals surface area contributed by atoms with Crippen molar-refractivity contribution in [2.75, 3.05) is 62.3 Å². The van der Waals surface area contributed by atoms with Gasteiger partial charge in [0.15, 0.2) is 0 Å². The van der Waals surface area contributed by atoms with E-state index in [0.29, 0.717) is 63.9 Å². The molecule has 0 N–H and O–H groups in total. The lowest BCUT2D eigenvalue weighted by Gasteiger charge is -2.36. The number of morpholine rings is 1. The molecular weight excluding hydrogens is 508 g/mol. The highest BCUT2D eigenvalue weighted by atomic mass is 16.6. The molecule has 2 saturated heterocycles. The maximum absolute atomic E-state index is 13.3. The summed E-state index contributed by atoms with van der Waals surface area (Å²) in [5.41, 5.74) is 4.82. The van der Waals surface area contributed by atoms with Crippen molar-refractivity contribution < 1.29 is 14.5 Å². The van der Waals surface area contributed by atoms with Gasteiger partial charge in [-0.2, -0.15) is 5.26 Å². The molecule has 0 bridgehead atoms. The Morgan fingerprint density at radius 2 is 1.65 bits per heavy atom. The number of carbonyl (C=O) groups excluding carboxylic acids is 1. The smallest absolute Gasteiger partial charge is 0.294 e. The summed E-state index contributed by atoms with van der Waals surface area (Å²) in [6, 6.07) is 19.3. The summed E-state index contributed by atoms with van der Waals surface area (Å²) in [6.07, 6.45) is 1.63. The number of carbonyl (C=O) groups is 1. The number of amides is 1. The second kappa shape index (κ2) is 11.6. The first kappa shape index (κ1) is 27.0. The van der Waals surface area contributed by atoms with Gasteiger partial charge in [0, 0.05) is 62.4 Å². The summed E-state index contributed by atoms with van der Waals surface area (Å²) in [7, 11) is 0. The van der Waals surface area contributed by atoms with Crippen LogP contribution in [0.5, 0.6) is 0 Å². The van der Waals surface area contributed by atoms with E-state index in [4.69, 9.17) is 4.74 Å². The Bertz CT molecular complexity index is 1480. The summed E-state index contributed by atoms with van der Waals surface area (Å²) < 4.78 is 7.31. The Morgan fingerprint density at radius 1 is 0.950 bits per heavy atom. The molecule has 0 atom stereocenters. The molecule has 0 radical (unpaired) electrons. The van der Waals surface area contributed by atoms with E-state index in [1.807, 2.05) is 53.6 Å². The van der Waals surface area contributed by atoms with Crippen LogP contribution in [-0.2, 0) is 9.53 Å². The summed E-state index contributed by atoms with van der Waals surface area (Å²) in [5.74, 6) is -0.287. The minimum Gasteiger partial charge on any atom is -0.378 e. The van der Waals surface area contributed by atoms with E-state index in [9.17, 15) is 20.2 Å². The van der Waals surface area contributed by atoms with Crippen LogP contribution in [0.1, 0.15) is 17.0 Å². The minimum absolute atomic E-state index is 0.0338. The third kappa shape index (κ3) is 5.42. The number of hydrogen-bond donors (Lipinski definition) is 0. The molecule has 10 nitrogen and oxygen atoms in total. The topological polar surface area (TPSA) is 108 Å². The number of nitro groups is 1. The summed E-state index contributed by atoms with van der Waals surface area (Å²) in [6.45, 7) is 8.52. The second-order valence-electron chi connectivity index (χ2n) is 9.98. The van der Waals surface area contributed by atoms with E-state index in [1.54, 1.807) is 23.1 Å². The van der Waals surface area contributed by atoms with Gasteiger partial charge in [-0.15, -0.1) is 0 Å². The molecule has 3 heterocycles. The number of aryl methyl sites for hydroxylation is 1. The molecule has 2 aliphatic rings. The molecule has 2 aliphatic heterocycles. The second-order valence-corrected chi connectivity index (χ2v) is 9.98. The highest BCUT2D eigenvalue weighted by Crippen LogP contribution is 2.33. The molecule has 10 heteroatoms. The van der Waals surface area contributed by atoms with Crippen molar-refractivity contribution in [2.24, 2.45) is 0 Å². The van der Waals surface area contributed by atoms with Crippen LogP contribution in [0.25, 0.3) is 11.8 Å². The fourth-order valence-corrected chi connectivity index (χ4v) is 5.47. The lowest BCUT2D eigenvalue weighted by molar-refractivity contribution is -0.384. The fourth-order valence-electron chi connectivity index (χ4n) is 5.47. The molecular formula is C30H32N6O4. The van der Waals surface area contributed by atoms with Gasteiger partial charge in [0.2, 0.25) is 0 Å². The van der Waals surface area contributed by atoms with E-state index in [0.717, 1.165) is 22.6 Å². The third-order valence-electron chi connectivity index (χ3n) is 7.57. The molecule has 0 aliphatic carbocycles. The Balaban J connectivity index is 1.37. The van der Waals surface area contributed by atoms with Gasteiger partial charge in [-0.05, 0) is 55.8 Å². The van der Waals surface area contributed by atoms with Gasteiger partial charge < -0.3 is 24.0 Å². The lowest BCUT2D eigenvalue weighted by atomic mass is 10.1. The maximum atomic E-state index is 13.3. The number of nitriles is 1. The highest BCUT2D eigenvalue weighted by molar-refractivity contribution is 6.02. The summed E-state index contributed by atoms with van der Waals surface area (Å²) in [5, 5.41) is 21.9. The van der Waals surface area contributed by atoms with Crippen molar-refractivity contribution in [2.45, 2.75) is 13.8 Å². The average Bonchev–Trinajstić information content (AvgIpc) is 3.28. The molecule has 40 heavy (non-hydrogen) atoms. The predicted octanol–water partition coefficient (Wildman–Crippen LogP) is 4.09. The van der Waals surface area contributed by atoms with Gasteiger partial charge in [-0.3, -0.25) is 14.9 Å². The van der Waals surface area contributed by atoms with Crippen molar-refractivity contribution in [1.29, 1.82) is 5.26 Å². The van der Waals surface area contributed by atoms with Gasteiger partial charge in [-0.25, -0.2) is 0 Å². The van der Waals surface area contributed by atoms with Gasteiger partial charge in [0.25, 0.3) is 11.6 Å². The van der Waals surface area contributed by atoms with E-state index in [2.05, 4.69) is 23.1 Å². The van der Waals surface area contributed by atoms with Crippen molar-refractivity contribution in [3.05, 3.63) is 87.2 Å². The monoisotopic (exact) mass is 540 g/mol. The number of piperazine rings is 1. The van der Waals surface area contributed by atoms with E-state index >= 15 is 0 Å². The Morgan fingerprint density at radius 3 is 2.30 bits per heavy atom. The number of aromatic nitrogens is 1. The number of nitro benzene ring substituents is 1. The molecule has 5 rings (SSSR count). The number of nitrogens with zero attached hydrogens (tertiary/aromatic N) is 6. The normalized spacial score (nSPS) is 16.1. The third-order valence-corrected chi connectivity index (χ3v) is 7.57. The SMILES string of the molecule is Cc1cc(/C=C(/C#N)C(=O)N2CCN(c3ccccc3)CC2)c(C)n1-c1ccc(N2CCOCC2)c([N+](=O)[O-])c1. The molecule has 2 aromatic carbocycles. The number of para-hydroxylation sites is 1. The fraction of sp³-hybridized carbons (Fsp3) is 0.333. The average molecular weight is 541 g/mol. The van der Waals surface area contributed by atoms with Crippen LogP contribution in [0, 0.1) is 35.3 Å². The zero-order valence-corrected chi connectivity index (χ0v) is 22.7. The van der Waals surface area contributed by atoms with Crippen molar-refractivity contribution in [3.63, 3.8) is 0 Å². The van der Waals surface area contributed by atoms with Gasteiger partial charge in [0.1, 0.15) is 17.3 Å². The first-order valence-corrected chi connectivity index (χ1v) is 13.4. The minimum atomic E-state index is -0.354. The molecule has 206 valence electrons. The maximum Gasteiger partial charge on any atom is 0.294 e. The van der Waals surface area contributed by atoms with Crippen LogP contribution in [-0.4, -0.2) is 72.8 Å². The van der Waals surface area contributed by atoms with Crippen molar-refractivity contribution >= 4 is 29.0 Å². The largest absolute Gasteiger partial charge is 0.378 e. The van der Waals surface area contributed by atoms with E-state index < -0.39 is 0 Å². The first-order chi connectivity index (χ1) is 19.4. The summed E-state index contributed by atoms with van der Waals surface area (Å²) >= 11 is 0. The zero-order valence-electron chi connectivity index (χ0n) is 22.7. The molecule has 1 amide bonds. The Hall–Kier alpha value is -4.62. The number of rotatable bonds is 6. The van der Waals surface area contributed by atoms with Crippen LogP contribution in [0.3, 0.4) is 0 Å². The molecule has 2 fully saturated rings. The number of ether oxygens (including phenoxy) is 1. The molecule has 0 saturated carbocycles. The Kier molecular flexibility index (Phi) is 7.84. The molecule has 0 unspecified atom stereocenters. The van der Waals surface area contributed by atoms with Crippen LogP contribution in [0.15, 0.2) is 60.2 Å². The van der Waals surface area contributed by atoms with Gasteiger partial charge in [0.05, 0.1) is 23.8 Å². The number of hydrogen-bond acceptors (Lipinski definition) is 7. The van der Waals surface area contributed by atoms with Gasteiger partial charge >= 0.3 is 0 Å². The zero-order chi connectivity index (χ0) is 28.2. The predicted molar refractivity (Wildman–Crippen MR) is 154 cm³/mol. The van der Waals surface area contributed by atoms with E-state index in [1.165, 1.54) is 0 Å². The number of anilines is 2. The standard InChI is InChI=1S/C30H32N6O4/c1-22-18-24(19-25(21-31)30(37)34-12-10-32(11-13-34)26-6-4-3-5-7-26)23(2)35(22)27-8-9-28(29(20-27)36(38)39)33-14-16-40-17-15-33/h3-9,18-20H,10-17H2,1-2H3/b25-19-. The molecule has 3 aromatic rings. The van der Waals surface area contributed by atoms with E-state index in [-0.39, 0.29) is 22.1 Å². The quantitative estimate of drug-likeness (QED) is 0.201. The summed E-state index contributed by atoms with van der Waals surface area (Å²) in [4.78, 5) is 30.8.